The van der Waals surface area contributed by atoms with Crippen molar-refractivity contribution < 1.29 is 13.2 Å². The van der Waals surface area contributed by atoms with E-state index in [4.69, 9.17) is 4.74 Å². The second kappa shape index (κ2) is 7.23. The van der Waals surface area contributed by atoms with Crippen molar-refractivity contribution in [2.24, 2.45) is 5.92 Å². The van der Waals surface area contributed by atoms with Crippen LogP contribution in [-0.2, 0) is 14.6 Å². The molecule has 4 atom stereocenters. The first-order valence-corrected chi connectivity index (χ1v) is 9.74. The number of sulfone groups is 1. The summed E-state index contributed by atoms with van der Waals surface area (Å²) in [7, 11) is -0.974. The van der Waals surface area contributed by atoms with Gasteiger partial charge in [-0.05, 0) is 52.5 Å². The van der Waals surface area contributed by atoms with Crippen LogP contribution in [0, 0.1) is 5.92 Å². The van der Waals surface area contributed by atoms with E-state index in [1.807, 2.05) is 14.0 Å². The SMILES string of the molecule is CCOC(C)(CC)C(NC)C1CCCC(S(C)(=O)=O)C1. The predicted molar refractivity (Wildman–Crippen MR) is 83.8 cm³/mol. The molecule has 0 aromatic heterocycles. The monoisotopic (exact) mass is 305 g/mol. The molecule has 1 rings (SSSR count). The molecule has 1 aliphatic rings. The Kier molecular flexibility index (Phi) is 6.48. The molecule has 120 valence electrons. The van der Waals surface area contributed by atoms with Gasteiger partial charge in [0.1, 0.15) is 9.84 Å². The fraction of sp³-hybridized carbons (Fsp3) is 1.00. The molecule has 1 saturated carbocycles. The van der Waals surface area contributed by atoms with Crippen LogP contribution in [0.15, 0.2) is 0 Å². The van der Waals surface area contributed by atoms with Gasteiger partial charge in [-0.1, -0.05) is 13.3 Å². The Bertz CT molecular complexity index is 396. The highest BCUT2D eigenvalue weighted by atomic mass is 32.2. The zero-order chi connectivity index (χ0) is 15.4. The standard InChI is InChI=1S/C15H31NO3S/c1-6-15(3,19-7-2)14(16-4)12-9-8-10-13(11-12)20(5,17)18/h12-14,16H,6-11H2,1-5H3. The van der Waals surface area contributed by atoms with E-state index in [9.17, 15) is 8.42 Å². The largest absolute Gasteiger partial charge is 0.374 e. The highest BCUT2D eigenvalue weighted by molar-refractivity contribution is 7.91. The van der Waals surface area contributed by atoms with E-state index in [2.05, 4.69) is 19.2 Å². The summed E-state index contributed by atoms with van der Waals surface area (Å²) in [6, 6.07) is 0.206. The van der Waals surface area contributed by atoms with Crippen molar-refractivity contribution in [1.29, 1.82) is 0 Å². The second-order valence-corrected chi connectivity index (χ2v) is 8.57. The molecule has 5 heteroatoms. The molecule has 4 unspecified atom stereocenters. The molecule has 0 aromatic rings. The molecule has 0 spiro atoms. The number of nitrogens with one attached hydrogen (secondary N) is 1. The van der Waals surface area contributed by atoms with Crippen molar-refractivity contribution in [1.82, 2.24) is 5.32 Å². The minimum Gasteiger partial charge on any atom is -0.374 e. The van der Waals surface area contributed by atoms with Gasteiger partial charge in [-0.15, -0.1) is 0 Å². The lowest BCUT2D eigenvalue weighted by Crippen LogP contribution is -2.54. The molecule has 1 N–H and O–H groups in total. The van der Waals surface area contributed by atoms with Gasteiger partial charge >= 0.3 is 0 Å². The molecular formula is C15H31NO3S. The van der Waals surface area contributed by atoms with Gasteiger partial charge in [-0.2, -0.15) is 0 Å². The Labute approximate surface area is 124 Å². The highest BCUT2D eigenvalue weighted by Gasteiger charge is 2.41. The summed E-state index contributed by atoms with van der Waals surface area (Å²) in [5.41, 5.74) is -0.229. The van der Waals surface area contributed by atoms with Crippen LogP contribution in [0.4, 0.5) is 0 Å². The van der Waals surface area contributed by atoms with Gasteiger partial charge in [0, 0.05) is 18.9 Å². The molecule has 0 amide bonds. The summed E-state index contributed by atoms with van der Waals surface area (Å²) in [4.78, 5) is 0. The van der Waals surface area contributed by atoms with E-state index < -0.39 is 9.84 Å². The number of rotatable bonds is 7. The van der Waals surface area contributed by atoms with Crippen LogP contribution in [0.1, 0.15) is 52.9 Å². The lowest BCUT2D eigenvalue weighted by Gasteiger charge is -2.43. The molecule has 0 bridgehead atoms. The van der Waals surface area contributed by atoms with Crippen LogP contribution in [0.5, 0.6) is 0 Å². The number of hydrogen-bond donors (Lipinski definition) is 1. The van der Waals surface area contributed by atoms with Gasteiger partial charge in [0.2, 0.25) is 0 Å². The summed E-state index contributed by atoms with van der Waals surface area (Å²) in [6.07, 6.45) is 5.94. The van der Waals surface area contributed by atoms with E-state index in [0.717, 1.165) is 32.1 Å². The maximum Gasteiger partial charge on any atom is 0.150 e. The third-order valence-electron chi connectivity index (χ3n) is 4.89. The van der Waals surface area contributed by atoms with Gasteiger partial charge < -0.3 is 10.1 Å². The molecule has 1 aliphatic carbocycles. The lowest BCUT2D eigenvalue weighted by atomic mass is 9.76. The summed E-state index contributed by atoms with van der Waals surface area (Å²) in [5.74, 6) is 0.366. The zero-order valence-electron chi connectivity index (χ0n) is 13.6. The second-order valence-electron chi connectivity index (χ2n) is 6.24. The smallest absolute Gasteiger partial charge is 0.150 e. The minimum absolute atomic E-state index is 0.181. The van der Waals surface area contributed by atoms with Crippen LogP contribution < -0.4 is 5.32 Å². The van der Waals surface area contributed by atoms with Gasteiger partial charge in [-0.3, -0.25) is 0 Å². The van der Waals surface area contributed by atoms with Gasteiger partial charge in [0.05, 0.1) is 10.9 Å². The molecular weight excluding hydrogens is 274 g/mol. The number of ether oxygens (including phenoxy) is 1. The fourth-order valence-electron chi connectivity index (χ4n) is 3.65. The van der Waals surface area contributed by atoms with Crippen LogP contribution in [0.25, 0.3) is 0 Å². The van der Waals surface area contributed by atoms with Crippen LogP contribution in [0.3, 0.4) is 0 Å². The maximum atomic E-state index is 11.8. The first-order chi connectivity index (χ1) is 9.28. The van der Waals surface area contributed by atoms with Crippen molar-refractivity contribution in [2.45, 2.75) is 69.8 Å². The van der Waals surface area contributed by atoms with E-state index in [1.165, 1.54) is 6.26 Å². The maximum absolute atomic E-state index is 11.8. The first kappa shape index (κ1) is 17.9. The molecule has 0 aliphatic heterocycles. The van der Waals surface area contributed by atoms with Crippen molar-refractivity contribution in [3.05, 3.63) is 0 Å². The normalized spacial score (nSPS) is 28.9. The number of hydrogen-bond acceptors (Lipinski definition) is 4. The van der Waals surface area contributed by atoms with Crippen LogP contribution in [0.2, 0.25) is 0 Å². The average Bonchev–Trinajstić information content (AvgIpc) is 2.39. The Hall–Kier alpha value is -0.130. The van der Waals surface area contributed by atoms with Crippen molar-refractivity contribution in [2.75, 3.05) is 19.9 Å². The predicted octanol–water partition coefficient (Wildman–Crippen LogP) is 2.38. The molecule has 20 heavy (non-hydrogen) atoms. The topological polar surface area (TPSA) is 55.4 Å². The summed E-state index contributed by atoms with van der Waals surface area (Å²) in [5, 5.41) is 3.22. The third kappa shape index (κ3) is 4.18. The average molecular weight is 305 g/mol. The molecule has 0 saturated heterocycles. The molecule has 0 aromatic carbocycles. The Balaban J connectivity index is 2.89. The van der Waals surface area contributed by atoms with Gasteiger partial charge in [-0.25, -0.2) is 8.42 Å². The van der Waals surface area contributed by atoms with Crippen LogP contribution in [-0.4, -0.2) is 45.2 Å². The van der Waals surface area contributed by atoms with Crippen LogP contribution >= 0.6 is 0 Å². The van der Waals surface area contributed by atoms with Crippen molar-refractivity contribution in [3.63, 3.8) is 0 Å². The zero-order valence-corrected chi connectivity index (χ0v) is 14.4. The Morgan fingerprint density at radius 2 is 2.00 bits per heavy atom. The summed E-state index contributed by atoms with van der Waals surface area (Å²) in [6.45, 7) is 6.98. The molecule has 0 radical (unpaired) electrons. The number of likely N-dealkylation sites (N-methyl/N-ethyl adjacent to an activating group) is 1. The van der Waals surface area contributed by atoms with Gasteiger partial charge in [0.25, 0.3) is 0 Å². The molecule has 1 fully saturated rings. The highest BCUT2D eigenvalue weighted by Crippen LogP contribution is 2.36. The molecule has 4 nitrogen and oxygen atoms in total. The van der Waals surface area contributed by atoms with E-state index in [0.29, 0.717) is 12.5 Å². The minimum atomic E-state index is -2.93. The van der Waals surface area contributed by atoms with E-state index in [1.54, 1.807) is 0 Å². The summed E-state index contributed by atoms with van der Waals surface area (Å²) >= 11 is 0. The Morgan fingerprint density at radius 1 is 1.35 bits per heavy atom. The summed E-state index contributed by atoms with van der Waals surface area (Å²) < 4.78 is 29.7. The van der Waals surface area contributed by atoms with Gasteiger partial charge in [0.15, 0.2) is 0 Å². The van der Waals surface area contributed by atoms with Crippen molar-refractivity contribution >= 4 is 9.84 Å². The van der Waals surface area contributed by atoms with Crippen molar-refractivity contribution in [3.8, 4) is 0 Å². The quantitative estimate of drug-likeness (QED) is 0.784. The first-order valence-electron chi connectivity index (χ1n) is 7.78. The van der Waals surface area contributed by atoms with E-state index in [-0.39, 0.29) is 16.9 Å². The molecule has 0 heterocycles. The third-order valence-corrected chi connectivity index (χ3v) is 6.53. The van der Waals surface area contributed by atoms with E-state index >= 15 is 0 Å². The Morgan fingerprint density at radius 3 is 2.45 bits per heavy atom. The fourth-order valence-corrected chi connectivity index (χ4v) is 4.85. The lowest BCUT2D eigenvalue weighted by molar-refractivity contribution is -0.0710.